The van der Waals surface area contributed by atoms with Gasteiger partial charge < -0.3 is 15.4 Å². The molecule has 0 unspecified atom stereocenters. The molecule has 2 N–H and O–H groups in total. The van der Waals surface area contributed by atoms with E-state index in [0.29, 0.717) is 49.5 Å². The van der Waals surface area contributed by atoms with Gasteiger partial charge in [-0.15, -0.1) is 0 Å². The van der Waals surface area contributed by atoms with E-state index in [1.807, 2.05) is 11.0 Å². The maximum absolute atomic E-state index is 13.0. The molecule has 0 atom stereocenters. The van der Waals surface area contributed by atoms with Crippen molar-refractivity contribution in [2.24, 2.45) is 11.7 Å². The first-order valence-corrected chi connectivity index (χ1v) is 12.5. The first kappa shape index (κ1) is 25.5. The van der Waals surface area contributed by atoms with Crippen molar-refractivity contribution in [3.05, 3.63) is 41.5 Å². The molecule has 1 aromatic carbocycles. The molecule has 9 heteroatoms. The summed E-state index contributed by atoms with van der Waals surface area (Å²) in [6.45, 7) is 3.85. The molecule has 0 spiro atoms. The van der Waals surface area contributed by atoms with Gasteiger partial charge in [0.2, 0.25) is 0 Å². The fourth-order valence-electron chi connectivity index (χ4n) is 5.40. The topological polar surface area (TPSA) is 75.9 Å². The van der Waals surface area contributed by atoms with Crippen molar-refractivity contribution in [3.63, 3.8) is 0 Å². The molecule has 6 nitrogen and oxygen atoms in total. The van der Waals surface area contributed by atoms with Crippen molar-refractivity contribution in [1.82, 2.24) is 4.90 Å². The monoisotopic (exact) mass is 493 g/mol. The highest BCUT2D eigenvalue weighted by atomic mass is 19.4. The second-order valence-electron chi connectivity index (χ2n) is 9.98. The number of halogens is 3. The summed E-state index contributed by atoms with van der Waals surface area (Å²) in [5.74, 6) is -0.541. The number of allylic oxidation sites excluding steroid dienone is 1. The zero-order chi connectivity index (χ0) is 25.1. The number of ether oxygens (including phenoxy) is 1. The molecular weight excluding hydrogens is 459 g/mol. The van der Waals surface area contributed by atoms with Gasteiger partial charge in [0.1, 0.15) is 0 Å². The molecule has 3 aliphatic rings. The Hall–Kier alpha value is -2.55. The predicted molar refractivity (Wildman–Crippen MR) is 127 cm³/mol. The lowest BCUT2D eigenvalue weighted by Crippen LogP contribution is -2.50. The van der Waals surface area contributed by atoms with Crippen LogP contribution in [0.1, 0.15) is 56.9 Å². The molecule has 2 fully saturated rings. The molecule has 0 bridgehead atoms. The zero-order valence-corrected chi connectivity index (χ0v) is 20.0. The minimum absolute atomic E-state index is 0.404. The van der Waals surface area contributed by atoms with Gasteiger partial charge in [-0.3, -0.25) is 9.69 Å². The maximum atomic E-state index is 13.0. The van der Waals surface area contributed by atoms with E-state index in [4.69, 9.17) is 10.5 Å². The van der Waals surface area contributed by atoms with Crippen LogP contribution in [0.4, 0.5) is 18.9 Å². The normalized spacial score (nSPS) is 25.9. The average molecular weight is 494 g/mol. The molecule has 4 rings (SSSR count). The highest BCUT2D eigenvalue weighted by Gasteiger charge is 2.44. The van der Waals surface area contributed by atoms with Crippen LogP contribution in [0, 0.1) is 5.92 Å². The minimum atomic E-state index is -4.34. The van der Waals surface area contributed by atoms with E-state index >= 15 is 0 Å². The fourth-order valence-corrected chi connectivity index (χ4v) is 5.40. The molecule has 1 aliphatic heterocycles. The van der Waals surface area contributed by atoms with Crippen LogP contribution in [0.3, 0.4) is 0 Å². The van der Waals surface area contributed by atoms with Crippen LogP contribution >= 0.6 is 0 Å². The number of piperazine rings is 1. The van der Waals surface area contributed by atoms with Crippen LogP contribution < -0.4 is 10.6 Å². The van der Waals surface area contributed by atoms with Crippen LogP contribution in [-0.4, -0.2) is 55.1 Å². The number of rotatable bonds is 7. The van der Waals surface area contributed by atoms with Crippen molar-refractivity contribution in [3.8, 4) is 0 Å². The Balaban J connectivity index is 1.22. The summed E-state index contributed by atoms with van der Waals surface area (Å²) >= 11 is 0. The number of carbonyl (C=O) groups excluding carboxylic acids is 2. The van der Waals surface area contributed by atoms with E-state index in [-0.39, 0.29) is 0 Å². The first-order valence-electron chi connectivity index (χ1n) is 12.5. The number of nitrogens with zero attached hydrogens (tertiary/aromatic N) is 2. The second-order valence-corrected chi connectivity index (χ2v) is 9.98. The summed E-state index contributed by atoms with van der Waals surface area (Å²) in [6.07, 6.45) is 3.47. The Bertz CT molecular complexity index is 947. The highest BCUT2D eigenvalue weighted by molar-refractivity contribution is 5.93. The van der Waals surface area contributed by atoms with Gasteiger partial charge in [-0.05, 0) is 82.0 Å². The molecule has 1 saturated heterocycles. The van der Waals surface area contributed by atoms with E-state index in [1.54, 1.807) is 6.07 Å². The van der Waals surface area contributed by atoms with Crippen LogP contribution in [0.15, 0.2) is 35.9 Å². The van der Waals surface area contributed by atoms with Crippen LogP contribution in [-0.2, 0) is 20.5 Å². The number of hydrogen-bond acceptors (Lipinski definition) is 5. The SMILES string of the molecule is NC(=O)C1(OC(=O)C2=CCCC2)CCC(CCN2CCN(c3cccc(C(F)(F)F)c3)CC2)CC1. The Morgan fingerprint density at radius 3 is 2.43 bits per heavy atom. The van der Waals surface area contributed by atoms with E-state index in [1.165, 1.54) is 12.1 Å². The quantitative estimate of drug-likeness (QED) is 0.574. The molecular formula is C26H34F3N3O3. The van der Waals surface area contributed by atoms with Gasteiger partial charge in [-0.25, -0.2) is 4.79 Å². The number of esters is 1. The summed E-state index contributed by atoms with van der Waals surface area (Å²) in [5, 5.41) is 0. The number of hydrogen-bond donors (Lipinski definition) is 1. The van der Waals surface area contributed by atoms with Crippen molar-refractivity contribution >= 4 is 17.6 Å². The average Bonchev–Trinajstić information content (AvgIpc) is 3.39. The third kappa shape index (κ3) is 6.18. The number of anilines is 1. The zero-order valence-electron chi connectivity index (χ0n) is 20.0. The molecule has 192 valence electrons. The third-order valence-corrected chi connectivity index (χ3v) is 7.72. The van der Waals surface area contributed by atoms with Crippen molar-refractivity contribution < 1.29 is 27.5 Å². The Labute approximate surface area is 204 Å². The number of primary amides is 1. The number of alkyl halides is 3. The van der Waals surface area contributed by atoms with Crippen LogP contribution in [0.25, 0.3) is 0 Å². The summed E-state index contributed by atoms with van der Waals surface area (Å²) in [6, 6.07) is 5.51. The molecule has 1 aromatic rings. The maximum Gasteiger partial charge on any atom is 0.416 e. The first-order chi connectivity index (χ1) is 16.7. The molecule has 0 aromatic heterocycles. The Kier molecular flexibility index (Phi) is 7.73. The largest absolute Gasteiger partial charge is 0.446 e. The van der Waals surface area contributed by atoms with Gasteiger partial charge in [0.25, 0.3) is 5.91 Å². The number of benzene rings is 1. The van der Waals surface area contributed by atoms with Crippen LogP contribution in [0.5, 0.6) is 0 Å². The van der Waals surface area contributed by atoms with Crippen LogP contribution in [0.2, 0.25) is 0 Å². The molecule has 2 aliphatic carbocycles. The van der Waals surface area contributed by atoms with Crippen molar-refractivity contribution in [2.75, 3.05) is 37.6 Å². The molecule has 35 heavy (non-hydrogen) atoms. The fraction of sp³-hybridized carbons (Fsp3) is 0.615. The predicted octanol–water partition coefficient (Wildman–Crippen LogP) is 4.29. The lowest BCUT2D eigenvalue weighted by Gasteiger charge is -2.39. The van der Waals surface area contributed by atoms with Gasteiger partial charge >= 0.3 is 12.1 Å². The van der Waals surface area contributed by atoms with Crippen molar-refractivity contribution in [1.29, 1.82) is 0 Å². The summed E-state index contributed by atoms with van der Waals surface area (Å²) in [7, 11) is 0. The lowest BCUT2D eigenvalue weighted by molar-refractivity contribution is -0.168. The van der Waals surface area contributed by atoms with E-state index in [2.05, 4.69) is 4.90 Å². The highest BCUT2D eigenvalue weighted by Crippen LogP contribution is 2.38. The van der Waals surface area contributed by atoms with Gasteiger partial charge in [-0.2, -0.15) is 13.2 Å². The third-order valence-electron chi connectivity index (χ3n) is 7.72. The second kappa shape index (κ2) is 10.6. The van der Waals surface area contributed by atoms with Gasteiger partial charge in [0.15, 0.2) is 5.60 Å². The standard InChI is InChI=1S/C26H34F3N3O3/c27-26(28,29)21-6-3-7-22(18-21)32-16-14-31(15-17-32)13-10-19-8-11-25(12-9-19,24(30)34)35-23(33)20-4-1-2-5-20/h3-4,6-7,18-19H,1-2,5,8-17H2,(H2,30,34). The molecule has 1 saturated carbocycles. The summed E-state index contributed by atoms with van der Waals surface area (Å²) in [5.41, 5.74) is 5.11. The van der Waals surface area contributed by atoms with Gasteiger partial charge in [0.05, 0.1) is 5.56 Å². The molecule has 1 amide bonds. The van der Waals surface area contributed by atoms with Crippen molar-refractivity contribution in [2.45, 2.75) is 63.1 Å². The lowest BCUT2D eigenvalue weighted by atomic mass is 9.77. The summed E-state index contributed by atoms with van der Waals surface area (Å²) < 4.78 is 44.7. The Morgan fingerprint density at radius 2 is 1.83 bits per heavy atom. The summed E-state index contributed by atoms with van der Waals surface area (Å²) in [4.78, 5) is 29.0. The smallest absolute Gasteiger partial charge is 0.416 e. The molecule has 1 heterocycles. The Morgan fingerprint density at radius 1 is 1.11 bits per heavy atom. The molecule has 0 radical (unpaired) electrons. The number of carbonyl (C=O) groups is 2. The van der Waals surface area contributed by atoms with E-state index in [9.17, 15) is 22.8 Å². The van der Waals surface area contributed by atoms with Gasteiger partial charge in [-0.1, -0.05) is 12.1 Å². The number of amides is 1. The van der Waals surface area contributed by atoms with E-state index < -0.39 is 29.2 Å². The van der Waals surface area contributed by atoms with E-state index in [0.717, 1.165) is 57.8 Å². The number of nitrogens with two attached hydrogens (primary N) is 1. The van der Waals surface area contributed by atoms with Gasteiger partial charge in [0, 0.05) is 37.4 Å². The minimum Gasteiger partial charge on any atom is -0.446 e.